The van der Waals surface area contributed by atoms with Crippen molar-refractivity contribution in [3.05, 3.63) is 70.2 Å². The maximum atomic E-state index is 12.1. The van der Waals surface area contributed by atoms with Crippen LogP contribution in [-0.4, -0.2) is 11.2 Å². The Morgan fingerprint density at radius 1 is 0.944 bits per heavy atom. The van der Waals surface area contributed by atoms with Gasteiger partial charge >= 0.3 is 0 Å². The van der Waals surface area contributed by atoms with Gasteiger partial charge in [-0.25, -0.2) is 0 Å². The van der Waals surface area contributed by atoms with Crippen molar-refractivity contribution in [3.8, 4) is 0 Å². The van der Waals surface area contributed by atoms with Gasteiger partial charge in [-0.3, -0.25) is 4.79 Å². The number of carbonyl (C=O) groups excluding carboxylic acids is 1. The summed E-state index contributed by atoms with van der Waals surface area (Å²) in [5.74, 6) is -0.0696. The first kappa shape index (κ1) is 11.8. The van der Waals surface area contributed by atoms with E-state index in [1.807, 2.05) is 48.5 Å². The topological polar surface area (TPSA) is 17.1 Å². The molecule has 1 nitrogen and oxygen atoms in total. The molecule has 2 aromatic rings. The van der Waals surface area contributed by atoms with Crippen molar-refractivity contribution < 1.29 is 4.79 Å². The Bertz CT molecular complexity index is 604. The second-order valence-electron chi connectivity index (χ2n) is 4.38. The molecule has 0 fully saturated rings. The number of Topliss-reactive ketones (excluding diaryl/α,β-unsaturated/α-hetero) is 1. The molecule has 3 rings (SSSR count). The van der Waals surface area contributed by atoms with Crippen molar-refractivity contribution in [2.24, 2.45) is 0 Å². The van der Waals surface area contributed by atoms with E-state index in [9.17, 15) is 4.79 Å². The van der Waals surface area contributed by atoms with Gasteiger partial charge in [-0.15, -0.1) is 11.6 Å². The van der Waals surface area contributed by atoms with Crippen LogP contribution in [0.4, 0.5) is 0 Å². The number of ketones is 1. The lowest BCUT2D eigenvalue weighted by Gasteiger charge is -2.14. The predicted octanol–water partition coefficient (Wildman–Crippen LogP) is 4.28. The van der Waals surface area contributed by atoms with E-state index in [1.165, 1.54) is 0 Å². The predicted molar refractivity (Wildman–Crippen MR) is 73.7 cm³/mol. The number of halogens is 2. The van der Waals surface area contributed by atoms with Crippen molar-refractivity contribution in [3.63, 3.8) is 0 Å². The third-order valence-corrected chi connectivity index (χ3v) is 4.04. The van der Waals surface area contributed by atoms with E-state index < -0.39 is 5.38 Å². The molecule has 0 saturated carbocycles. The molecule has 18 heavy (non-hydrogen) atoms. The maximum Gasteiger partial charge on any atom is 0.181 e. The van der Waals surface area contributed by atoms with Gasteiger partial charge in [0.1, 0.15) is 5.38 Å². The van der Waals surface area contributed by atoms with E-state index in [4.69, 9.17) is 23.2 Å². The Morgan fingerprint density at radius 3 is 2.33 bits per heavy atom. The van der Waals surface area contributed by atoms with Gasteiger partial charge in [-0.1, -0.05) is 48.0 Å². The van der Waals surface area contributed by atoms with E-state index in [1.54, 1.807) is 0 Å². The zero-order chi connectivity index (χ0) is 12.7. The third-order valence-electron chi connectivity index (χ3n) is 3.33. The molecule has 0 aromatic heterocycles. The molecule has 0 amide bonds. The van der Waals surface area contributed by atoms with Gasteiger partial charge in [0.2, 0.25) is 0 Å². The molecule has 1 aliphatic carbocycles. The number of benzene rings is 2. The summed E-state index contributed by atoms with van der Waals surface area (Å²) in [6, 6.07) is 15.1. The van der Waals surface area contributed by atoms with Crippen LogP contribution in [0.15, 0.2) is 48.5 Å². The summed E-state index contributed by atoms with van der Waals surface area (Å²) in [7, 11) is 0. The Labute approximate surface area is 115 Å². The number of carbonyl (C=O) groups is 1. The molecule has 3 heteroatoms. The van der Waals surface area contributed by atoms with Crippen LogP contribution in [-0.2, 0) is 0 Å². The fourth-order valence-corrected chi connectivity index (χ4v) is 2.99. The van der Waals surface area contributed by atoms with Gasteiger partial charge in [0.25, 0.3) is 0 Å². The highest BCUT2D eigenvalue weighted by Crippen LogP contribution is 2.41. The Morgan fingerprint density at radius 2 is 1.61 bits per heavy atom. The van der Waals surface area contributed by atoms with Crippen molar-refractivity contribution in [1.82, 2.24) is 0 Å². The Hall–Kier alpha value is -1.31. The average molecular weight is 277 g/mol. The molecule has 1 aliphatic rings. The summed E-state index contributed by atoms with van der Waals surface area (Å²) in [6.07, 6.45) is 0. The minimum atomic E-state index is -0.524. The average Bonchev–Trinajstić information content (AvgIpc) is 2.64. The molecule has 0 aliphatic heterocycles. The molecule has 2 unspecified atom stereocenters. The highest BCUT2D eigenvalue weighted by molar-refractivity contribution is 6.36. The van der Waals surface area contributed by atoms with E-state index in [0.29, 0.717) is 5.02 Å². The van der Waals surface area contributed by atoms with Crippen LogP contribution in [0.3, 0.4) is 0 Å². The van der Waals surface area contributed by atoms with Crippen LogP contribution in [0.5, 0.6) is 0 Å². The summed E-state index contributed by atoms with van der Waals surface area (Å²) >= 11 is 12.2. The lowest BCUT2D eigenvalue weighted by Crippen LogP contribution is -2.14. The van der Waals surface area contributed by atoms with Crippen molar-refractivity contribution in [2.45, 2.75) is 11.3 Å². The summed E-state index contributed by atoms with van der Waals surface area (Å²) in [5, 5.41) is 0.158. The monoisotopic (exact) mass is 276 g/mol. The molecule has 0 bridgehead atoms. The first-order chi connectivity index (χ1) is 8.68. The van der Waals surface area contributed by atoms with Crippen molar-refractivity contribution in [2.75, 3.05) is 0 Å². The fourth-order valence-electron chi connectivity index (χ4n) is 2.47. The first-order valence-corrected chi connectivity index (χ1v) is 6.52. The lowest BCUT2D eigenvalue weighted by molar-refractivity contribution is 0.0995. The Kier molecular flexibility index (Phi) is 2.89. The number of hydrogen-bond donors (Lipinski definition) is 0. The molecule has 0 N–H and O–H groups in total. The quantitative estimate of drug-likeness (QED) is 0.711. The minimum absolute atomic E-state index is 0.00668. The minimum Gasteiger partial charge on any atom is -0.292 e. The molecule has 0 spiro atoms. The van der Waals surface area contributed by atoms with Crippen LogP contribution < -0.4 is 0 Å². The largest absolute Gasteiger partial charge is 0.292 e. The van der Waals surface area contributed by atoms with Crippen LogP contribution in [0, 0.1) is 0 Å². The van der Waals surface area contributed by atoms with Crippen LogP contribution in [0.25, 0.3) is 0 Å². The zero-order valence-electron chi connectivity index (χ0n) is 9.44. The van der Waals surface area contributed by atoms with E-state index in [-0.39, 0.29) is 11.7 Å². The highest BCUT2D eigenvalue weighted by atomic mass is 35.5. The number of hydrogen-bond acceptors (Lipinski definition) is 1. The van der Waals surface area contributed by atoms with Crippen LogP contribution >= 0.6 is 23.2 Å². The van der Waals surface area contributed by atoms with Gasteiger partial charge < -0.3 is 0 Å². The molecule has 0 radical (unpaired) electrons. The van der Waals surface area contributed by atoms with Gasteiger partial charge in [0.15, 0.2) is 5.78 Å². The standard InChI is InChI=1S/C15H10Cl2O/c16-10-7-5-9(6-8-10)13-11-3-1-2-4-12(11)15(18)14(13)17/h1-8,13-14H. The molecular formula is C15H10Cl2O. The molecule has 2 aromatic carbocycles. The summed E-state index contributed by atoms with van der Waals surface area (Å²) in [5.41, 5.74) is 2.76. The van der Waals surface area contributed by atoms with Crippen molar-refractivity contribution >= 4 is 29.0 Å². The van der Waals surface area contributed by atoms with Crippen LogP contribution in [0.1, 0.15) is 27.4 Å². The van der Waals surface area contributed by atoms with E-state index >= 15 is 0 Å². The smallest absolute Gasteiger partial charge is 0.181 e. The first-order valence-electron chi connectivity index (χ1n) is 5.71. The summed E-state index contributed by atoms with van der Waals surface area (Å²) < 4.78 is 0. The zero-order valence-corrected chi connectivity index (χ0v) is 10.9. The van der Waals surface area contributed by atoms with Gasteiger partial charge in [0, 0.05) is 16.5 Å². The van der Waals surface area contributed by atoms with Gasteiger partial charge in [0.05, 0.1) is 0 Å². The van der Waals surface area contributed by atoms with E-state index in [0.717, 1.165) is 16.7 Å². The normalized spacial score (nSPS) is 22.0. The molecule has 90 valence electrons. The molecular weight excluding hydrogens is 267 g/mol. The second kappa shape index (κ2) is 4.42. The third kappa shape index (κ3) is 1.75. The SMILES string of the molecule is O=C1c2ccccc2C(c2ccc(Cl)cc2)C1Cl. The van der Waals surface area contributed by atoms with Crippen LogP contribution in [0.2, 0.25) is 5.02 Å². The number of alkyl halides is 1. The summed E-state index contributed by atoms with van der Waals surface area (Å²) in [6.45, 7) is 0. The van der Waals surface area contributed by atoms with E-state index in [2.05, 4.69) is 0 Å². The van der Waals surface area contributed by atoms with Gasteiger partial charge in [-0.05, 0) is 23.3 Å². The maximum absolute atomic E-state index is 12.1. The molecule has 0 saturated heterocycles. The highest BCUT2D eigenvalue weighted by Gasteiger charge is 2.38. The molecule has 0 heterocycles. The summed E-state index contributed by atoms with van der Waals surface area (Å²) in [4.78, 5) is 12.1. The lowest BCUT2D eigenvalue weighted by atomic mass is 9.93. The number of fused-ring (bicyclic) bond motifs is 1. The number of rotatable bonds is 1. The second-order valence-corrected chi connectivity index (χ2v) is 5.29. The van der Waals surface area contributed by atoms with Crippen molar-refractivity contribution in [1.29, 1.82) is 0 Å². The fraction of sp³-hybridized carbons (Fsp3) is 0.133. The Balaban J connectivity index is 2.13. The van der Waals surface area contributed by atoms with Gasteiger partial charge in [-0.2, -0.15) is 0 Å². The molecule has 2 atom stereocenters.